The van der Waals surface area contributed by atoms with Gasteiger partial charge < -0.3 is 4.74 Å². The van der Waals surface area contributed by atoms with Gasteiger partial charge in [-0.3, -0.25) is 0 Å². The topological polar surface area (TPSA) is 9.23 Å². The second kappa shape index (κ2) is 10.4. The van der Waals surface area contributed by atoms with Crippen LogP contribution in [0.1, 0.15) is 44.9 Å². The molecule has 0 aliphatic heterocycles. The summed E-state index contributed by atoms with van der Waals surface area (Å²) in [4.78, 5) is 0. The zero-order chi connectivity index (χ0) is 13.1. The van der Waals surface area contributed by atoms with E-state index in [0.29, 0.717) is 12.4 Å². The molecular formula is C15H22BrFO. The molecule has 0 N–H and O–H groups in total. The van der Waals surface area contributed by atoms with Crippen LogP contribution in [0.3, 0.4) is 0 Å². The molecule has 0 unspecified atom stereocenters. The van der Waals surface area contributed by atoms with Crippen molar-refractivity contribution in [1.29, 1.82) is 0 Å². The predicted molar refractivity (Wildman–Crippen MR) is 78.0 cm³/mol. The van der Waals surface area contributed by atoms with E-state index in [-0.39, 0.29) is 5.82 Å². The van der Waals surface area contributed by atoms with Crippen molar-refractivity contribution in [2.75, 3.05) is 11.9 Å². The highest BCUT2D eigenvalue weighted by Crippen LogP contribution is 2.13. The molecule has 1 aromatic carbocycles. The van der Waals surface area contributed by atoms with E-state index in [0.717, 1.165) is 11.8 Å². The summed E-state index contributed by atoms with van der Waals surface area (Å²) < 4.78 is 18.3. The Morgan fingerprint density at radius 3 is 2.28 bits per heavy atom. The molecule has 0 aromatic heterocycles. The second-order valence-corrected chi connectivity index (χ2v) is 5.26. The number of alkyl halides is 1. The lowest BCUT2D eigenvalue weighted by molar-refractivity contribution is 0.303. The van der Waals surface area contributed by atoms with Gasteiger partial charge in [-0.05, 0) is 25.0 Å². The smallest absolute Gasteiger partial charge is 0.126 e. The molecule has 0 saturated heterocycles. The van der Waals surface area contributed by atoms with E-state index in [1.807, 2.05) is 0 Å². The lowest BCUT2D eigenvalue weighted by Crippen LogP contribution is -1.97. The fraction of sp³-hybridized carbons (Fsp3) is 0.600. The summed E-state index contributed by atoms with van der Waals surface area (Å²) in [5.74, 6) is 0.395. The van der Waals surface area contributed by atoms with Crippen molar-refractivity contribution in [3.63, 3.8) is 0 Å². The van der Waals surface area contributed by atoms with Crippen molar-refractivity contribution in [2.24, 2.45) is 0 Å². The van der Waals surface area contributed by atoms with Gasteiger partial charge in [0.1, 0.15) is 11.6 Å². The fourth-order valence-corrected chi connectivity index (χ4v) is 2.22. The van der Waals surface area contributed by atoms with Crippen molar-refractivity contribution in [3.8, 4) is 5.75 Å². The molecule has 0 radical (unpaired) electrons. The molecule has 0 atom stereocenters. The Morgan fingerprint density at radius 1 is 0.944 bits per heavy atom. The van der Waals surface area contributed by atoms with E-state index in [2.05, 4.69) is 15.9 Å². The molecule has 1 nitrogen and oxygen atoms in total. The lowest BCUT2D eigenvalue weighted by atomic mass is 10.1. The van der Waals surface area contributed by atoms with Gasteiger partial charge in [0.05, 0.1) is 6.61 Å². The average molecular weight is 317 g/mol. The largest absolute Gasteiger partial charge is 0.493 e. The zero-order valence-corrected chi connectivity index (χ0v) is 12.4. The van der Waals surface area contributed by atoms with Gasteiger partial charge in [-0.15, -0.1) is 0 Å². The molecule has 0 heterocycles. The maximum Gasteiger partial charge on any atom is 0.126 e. The summed E-state index contributed by atoms with van der Waals surface area (Å²) in [6, 6.07) is 6.33. The molecule has 0 fully saturated rings. The van der Waals surface area contributed by atoms with Crippen LogP contribution in [0, 0.1) is 5.82 Å². The zero-order valence-electron chi connectivity index (χ0n) is 10.8. The molecule has 1 aromatic rings. The van der Waals surface area contributed by atoms with Gasteiger partial charge in [0, 0.05) is 11.4 Å². The Kier molecular flexibility index (Phi) is 8.92. The van der Waals surface area contributed by atoms with Gasteiger partial charge in [0.25, 0.3) is 0 Å². The Bertz CT molecular complexity index is 317. The monoisotopic (exact) mass is 316 g/mol. The first kappa shape index (κ1) is 15.5. The van der Waals surface area contributed by atoms with Crippen molar-refractivity contribution >= 4 is 15.9 Å². The van der Waals surface area contributed by atoms with Crippen molar-refractivity contribution in [1.82, 2.24) is 0 Å². The van der Waals surface area contributed by atoms with Crippen LogP contribution in [0.4, 0.5) is 4.39 Å². The first-order chi connectivity index (χ1) is 8.83. The molecular weight excluding hydrogens is 295 g/mol. The minimum absolute atomic E-state index is 0.237. The van der Waals surface area contributed by atoms with E-state index in [1.54, 1.807) is 12.1 Å². The standard InChI is InChI=1S/C15H22BrFO/c16-11-6-4-2-1-3-5-7-12-18-15-10-8-9-14(17)13-15/h8-10,13H,1-7,11-12H2. The van der Waals surface area contributed by atoms with E-state index in [1.165, 1.54) is 50.7 Å². The van der Waals surface area contributed by atoms with E-state index >= 15 is 0 Å². The molecule has 1 rings (SSSR count). The number of ether oxygens (including phenoxy) is 1. The Balaban J connectivity index is 1.92. The first-order valence-corrected chi connectivity index (χ1v) is 7.89. The predicted octanol–water partition coefficient (Wildman–Crippen LogP) is 5.33. The number of rotatable bonds is 10. The van der Waals surface area contributed by atoms with Crippen molar-refractivity contribution < 1.29 is 9.13 Å². The van der Waals surface area contributed by atoms with Gasteiger partial charge in [-0.2, -0.15) is 0 Å². The number of halogens is 2. The summed E-state index contributed by atoms with van der Waals surface area (Å²) in [6.07, 6.45) is 8.77. The van der Waals surface area contributed by atoms with Crippen molar-refractivity contribution in [3.05, 3.63) is 30.1 Å². The number of benzene rings is 1. The quantitative estimate of drug-likeness (QED) is 0.418. The van der Waals surface area contributed by atoms with E-state index in [4.69, 9.17) is 4.74 Å². The summed E-state index contributed by atoms with van der Waals surface area (Å²) in [6.45, 7) is 0.685. The third kappa shape index (κ3) is 7.70. The normalized spacial score (nSPS) is 10.6. The molecule has 0 saturated carbocycles. The molecule has 0 amide bonds. The van der Waals surface area contributed by atoms with E-state index < -0.39 is 0 Å². The molecule has 0 aliphatic rings. The second-order valence-electron chi connectivity index (χ2n) is 4.47. The number of hydrogen-bond donors (Lipinski definition) is 0. The van der Waals surface area contributed by atoms with Crippen LogP contribution >= 0.6 is 15.9 Å². The first-order valence-electron chi connectivity index (χ1n) is 6.77. The Hall–Kier alpha value is -0.570. The van der Waals surface area contributed by atoms with Crippen LogP contribution in [-0.4, -0.2) is 11.9 Å². The van der Waals surface area contributed by atoms with Gasteiger partial charge in [0.2, 0.25) is 0 Å². The fourth-order valence-electron chi connectivity index (χ4n) is 1.83. The highest BCUT2D eigenvalue weighted by Gasteiger charge is 1.96. The van der Waals surface area contributed by atoms with Crippen LogP contribution in [0.5, 0.6) is 5.75 Å². The Morgan fingerprint density at radius 2 is 1.61 bits per heavy atom. The minimum Gasteiger partial charge on any atom is -0.493 e. The lowest BCUT2D eigenvalue weighted by Gasteiger charge is -2.06. The molecule has 18 heavy (non-hydrogen) atoms. The maximum atomic E-state index is 12.9. The molecule has 102 valence electrons. The van der Waals surface area contributed by atoms with E-state index in [9.17, 15) is 4.39 Å². The SMILES string of the molecule is Fc1cccc(OCCCCCCCCCBr)c1. The molecule has 0 aliphatic carbocycles. The van der Waals surface area contributed by atoms with Crippen LogP contribution in [-0.2, 0) is 0 Å². The van der Waals surface area contributed by atoms with Gasteiger partial charge >= 0.3 is 0 Å². The number of unbranched alkanes of at least 4 members (excludes halogenated alkanes) is 6. The summed E-state index contributed by atoms with van der Waals surface area (Å²) in [5.41, 5.74) is 0. The summed E-state index contributed by atoms with van der Waals surface area (Å²) in [7, 11) is 0. The van der Waals surface area contributed by atoms with Gasteiger partial charge in [-0.1, -0.05) is 54.1 Å². The highest BCUT2D eigenvalue weighted by molar-refractivity contribution is 9.09. The van der Waals surface area contributed by atoms with Gasteiger partial charge in [-0.25, -0.2) is 4.39 Å². The third-order valence-corrected chi connectivity index (χ3v) is 3.40. The van der Waals surface area contributed by atoms with Crippen LogP contribution in [0.25, 0.3) is 0 Å². The third-order valence-electron chi connectivity index (χ3n) is 2.84. The van der Waals surface area contributed by atoms with Crippen LogP contribution in [0.15, 0.2) is 24.3 Å². The van der Waals surface area contributed by atoms with Crippen molar-refractivity contribution in [2.45, 2.75) is 44.9 Å². The molecule has 3 heteroatoms. The summed E-state index contributed by atoms with van der Waals surface area (Å²) in [5, 5.41) is 1.12. The highest BCUT2D eigenvalue weighted by atomic mass is 79.9. The molecule has 0 spiro atoms. The average Bonchev–Trinajstić information content (AvgIpc) is 2.37. The maximum absolute atomic E-state index is 12.9. The number of hydrogen-bond acceptors (Lipinski definition) is 1. The Labute approximate surface area is 118 Å². The van der Waals surface area contributed by atoms with Crippen LogP contribution < -0.4 is 4.74 Å². The van der Waals surface area contributed by atoms with Gasteiger partial charge in [0.15, 0.2) is 0 Å². The minimum atomic E-state index is -0.237. The summed E-state index contributed by atoms with van der Waals surface area (Å²) >= 11 is 3.44. The molecule has 0 bridgehead atoms. The van der Waals surface area contributed by atoms with Crippen LogP contribution in [0.2, 0.25) is 0 Å².